The van der Waals surface area contributed by atoms with Gasteiger partial charge in [0, 0.05) is 18.7 Å². The van der Waals surface area contributed by atoms with Crippen LogP contribution in [0.15, 0.2) is 48.5 Å². The van der Waals surface area contributed by atoms with Gasteiger partial charge in [0.05, 0.1) is 12.1 Å². The van der Waals surface area contributed by atoms with Crippen molar-refractivity contribution in [3.8, 4) is 0 Å². The number of β-amino-alcohol motifs (C(OH)–C–C–N with tert-alkyl or cyclic N) is 1. The van der Waals surface area contributed by atoms with Crippen LogP contribution in [0.1, 0.15) is 33.9 Å². The van der Waals surface area contributed by atoms with Crippen molar-refractivity contribution in [3.05, 3.63) is 71.0 Å². The summed E-state index contributed by atoms with van der Waals surface area (Å²) in [6.45, 7) is 1.05. The van der Waals surface area contributed by atoms with Gasteiger partial charge in [0.2, 0.25) is 0 Å². The predicted octanol–water partition coefficient (Wildman–Crippen LogP) is 2.84. The molecule has 4 nitrogen and oxygen atoms in total. The van der Waals surface area contributed by atoms with E-state index in [9.17, 15) is 14.3 Å². The van der Waals surface area contributed by atoms with E-state index in [4.69, 9.17) is 0 Å². The number of aliphatic hydroxyl groups excluding tert-OH is 1. The van der Waals surface area contributed by atoms with E-state index >= 15 is 0 Å². The third-order valence-electron chi connectivity index (χ3n) is 4.47. The smallest absolute Gasteiger partial charge is 0.254 e. The Bertz CT molecular complexity index is 746. The molecule has 1 aliphatic heterocycles. The van der Waals surface area contributed by atoms with Crippen molar-refractivity contribution < 1.29 is 14.3 Å². The molecule has 0 aromatic heterocycles. The van der Waals surface area contributed by atoms with Crippen molar-refractivity contribution >= 4 is 5.91 Å². The van der Waals surface area contributed by atoms with Gasteiger partial charge in [0.1, 0.15) is 5.82 Å². The van der Waals surface area contributed by atoms with Gasteiger partial charge in [-0.3, -0.25) is 4.79 Å². The number of halogens is 1. The number of amides is 1. The van der Waals surface area contributed by atoms with Crippen LogP contribution in [0.3, 0.4) is 0 Å². The molecule has 1 N–H and O–H groups in total. The highest BCUT2D eigenvalue weighted by atomic mass is 19.1. The highest BCUT2D eigenvalue weighted by Crippen LogP contribution is 2.33. The topological polar surface area (TPSA) is 43.8 Å². The lowest BCUT2D eigenvalue weighted by Crippen LogP contribution is -2.31. The highest BCUT2D eigenvalue weighted by molar-refractivity contribution is 5.95. The van der Waals surface area contributed by atoms with Crippen LogP contribution in [0.4, 0.5) is 4.39 Å². The van der Waals surface area contributed by atoms with Gasteiger partial charge >= 0.3 is 0 Å². The molecule has 2 aromatic carbocycles. The summed E-state index contributed by atoms with van der Waals surface area (Å²) < 4.78 is 13.2. The van der Waals surface area contributed by atoms with Crippen LogP contribution in [-0.4, -0.2) is 47.6 Å². The Kier molecular flexibility index (Phi) is 5.16. The van der Waals surface area contributed by atoms with E-state index in [0.29, 0.717) is 18.5 Å². The fraction of sp³-hybridized carbons (Fsp3) is 0.350. The predicted molar refractivity (Wildman–Crippen MR) is 94.6 cm³/mol. The summed E-state index contributed by atoms with van der Waals surface area (Å²) in [5.41, 5.74) is 2.52. The Morgan fingerprint density at radius 2 is 1.96 bits per heavy atom. The Balaban J connectivity index is 1.85. The average molecular weight is 342 g/mol. The van der Waals surface area contributed by atoms with E-state index in [0.717, 1.165) is 17.7 Å². The lowest BCUT2D eigenvalue weighted by molar-refractivity contribution is 0.0715. The molecule has 0 aliphatic carbocycles. The first-order valence-corrected chi connectivity index (χ1v) is 8.42. The summed E-state index contributed by atoms with van der Waals surface area (Å²) in [5.74, 6) is -0.414. The molecule has 1 saturated heterocycles. The SMILES string of the molecule is CN(C)Cc1cccc(C(=O)N2C[C@@H](O)C[C@@H]2c2ccc(F)cc2)c1. The van der Waals surface area contributed by atoms with Gasteiger partial charge in [-0.15, -0.1) is 0 Å². The van der Waals surface area contributed by atoms with Gasteiger partial charge in [-0.1, -0.05) is 24.3 Å². The summed E-state index contributed by atoms with van der Waals surface area (Å²) in [7, 11) is 3.96. The molecule has 0 saturated carbocycles. The first-order valence-electron chi connectivity index (χ1n) is 8.42. The van der Waals surface area contributed by atoms with E-state index in [1.54, 1.807) is 23.1 Å². The van der Waals surface area contributed by atoms with Crippen LogP contribution >= 0.6 is 0 Å². The monoisotopic (exact) mass is 342 g/mol. The van der Waals surface area contributed by atoms with Crippen molar-refractivity contribution in [3.63, 3.8) is 0 Å². The summed E-state index contributed by atoms with van der Waals surface area (Å²) >= 11 is 0. The number of carbonyl (C=O) groups excluding carboxylic acids is 1. The molecular weight excluding hydrogens is 319 g/mol. The molecule has 1 aliphatic rings. The normalized spacial score (nSPS) is 20.3. The average Bonchev–Trinajstić information content (AvgIpc) is 2.96. The molecule has 5 heteroatoms. The zero-order valence-corrected chi connectivity index (χ0v) is 14.5. The van der Waals surface area contributed by atoms with E-state index < -0.39 is 6.10 Å². The number of hydrogen-bond donors (Lipinski definition) is 1. The van der Waals surface area contributed by atoms with Crippen LogP contribution in [0, 0.1) is 5.82 Å². The van der Waals surface area contributed by atoms with Crippen LogP contribution < -0.4 is 0 Å². The van der Waals surface area contributed by atoms with Crippen LogP contribution in [0.2, 0.25) is 0 Å². The van der Waals surface area contributed by atoms with Gasteiger partial charge in [-0.25, -0.2) is 4.39 Å². The van der Waals surface area contributed by atoms with Crippen molar-refractivity contribution in [2.75, 3.05) is 20.6 Å². The zero-order chi connectivity index (χ0) is 18.0. The molecule has 1 amide bonds. The highest BCUT2D eigenvalue weighted by Gasteiger charge is 2.35. The third-order valence-corrected chi connectivity index (χ3v) is 4.47. The Morgan fingerprint density at radius 1 is 1.24 bits per heavy atom. The van der Waals surface area contributed by atoms with Gasteiger partial charge in [-0.2, -0.15) is 0 Å². The quantitative estimate of drug-likeness (QED) is 0.929. The molecule has 3 rings (SSSR count). The summed E-state index contributed by atoms with van der Waals surface area (Å²) in [5, 5.41) is 10.1. The van der Waals surface area contributed by atoms with Crippen molar-refractivity contribution in [2.45, 2.75) is 25.1 Å². The van der Waals surface area contributed by atoms with Gasteiger partial charge in [-0.05, 0) is 55.9 Å². The second-order valence-corrected chi connectivity index (χ2v) is 6.85. The summed E-state index contributed by atoms with van der Waals surface area (Å²) in [4.78, 5) is 16.7. The molecule has 1 heterocycles. The minimum atomic E-state index is -0.566. The van der Waals surface area contributed by atoms with Crippen molar-refractivity contribution in [1.82, 2.24) is 9.80 Å². The lowest BCUT2D eigenvalue weighted by atomic mass is 10.0. The number of hydrogen-bond acceptors (Lipinski definition) is 3. The molecule has 0 unspecified atom stereocenters. The molecule has 0 spiro atoms. The number of benzene rings is 2. The van der Waals surface area contributed by atoms with E-state index in [2.05, 4.69) is 0 Å². The molecule has 1 fully saturated rings. The Morgan fingerprint density at radius 3 is 2.64 bits per heavy atom. The maximum atomic E-state index is 13.2. The molecule has 132 valence electrons. The minimum Gasteiger partial charge on any atom is -0.391 e. The first kappa shape index (κ1) is 17.6. The van der Waals surface area contributed by atoms with Gasteiger partial charge in [0.15, 0.2) is 0 Å². The number of aliphatic hydroxyl groups is 1. The zero-order valence-electron chi connectivity index (χ0n) is 14.5. The summed E-state index contributed by atoms with van der Waals surface area (Å²) in [6, 6.07) is 13.5. The lowest BCUT2D eigenvalue weighted by Gasteiger charge is -2.25. The summed E-state index contributed by atoms with van der Waals surface area (Å²) in [6.07, 6.45) is -0.0988. The maximum absolute atomic E-state index is 13.2. The first-order chi connectivity index (χ1) is 11.9. The largest absolute Gasteiger partial charge is 0.391 e. The van der Waals surface area contributed by atoms with Crippen LogP contribution in [0.5, 0.6) is 0 Å². The number of carbonyl (C=O) groups is 1. The van der Waals surface area contributed by atoms with Crippen LogP contribution in [-0.2, 0) is 6.54 Å². The van der Waals surface area contributed by atoms with Crippen LogP contribution in [0.25, 0.3) is 0 Å². The molecule has 25 heavy (non-hydrogen) atoms. The van der Waals surface area contributed by atoms with Gasteiger partial charge in [0.25, 0.3) is 5.91 Å². The van der Waals surface area contributed by atoms with E-state index in [1.165, 1.54) is 12.1 Å². The third kappa shape index (κ3) is 4.06. The van der Waals surface area contributed by atoms with Crippen molar-refractivity contribution in [1.29, 1.82) is 0 Å². The number of nitrogens with zero attached hydrogens (tertiary/aromatic N) is 2. The number of rotatable bonds is 4. The molecule has 2 aromatic rings. The number of likely N-dealkylation sites (tertiary alicyclic amines) is 1. The van der Waals surface area contributed by atoms with Gasteiger partial charge < -0.3 is 14.9 Å². The molecule has 0 radical (unpaired) electrons. The second-order valence-electron chi connectivity index (χ2n) is 6.85. The maximum Gasteiger partial charge on any atom is 0.254 e. The fourth-order valence-corrected chi connectivity index (χ4v) is 3.37. The minimum absolute atomic E-state index is 0.105. The fourth-order valence-electron chi connectivity index (χ4n) is 3.37. The molecule has 2 atom stereocenters. The Labute approximate surface area is 147 Å². The second kappa shape index (κ2) is 7.33. The molecular formula is C20H23FN2O2. The van der Waals surface area contributed by atoms with Crippen molar-refractivity contribution in [2.24, 2.45) is 0 Å². The van der Waals surface area contributed by atoms with E-state index in [1.807, 2.05) is 37.2 Å². The van der Waals surface area contributed by atoms with E-state index in [-0.39, 0.29) is 17.8 Å². The molecule has 0 bridgehead atoms. The standard InChI is InChI=1S/C20H23FN2O2/c1-22(2)12-14-4-3-5-16(10-14)20(25)23-13-18(24)11-19(23)15-6-8-17(21)9-7-15/h3-10,18-19,24H,11-13H2,1-2H3/t18-,19+/m0/s1. The Hall–Kier alpha value is -2.24.